The SMILES string of the molecule is C=CCN(C(=O)C1N([C@@H](CC)CO)C(=O)[C@@H]2[C@H](C(=O)O)[C@]3(C)CCC12S3)c1c(C)cccc1Cl. The molecule has 2 unspecified atom stereocenters. The van der Waals surface area contributed by atoms with Gasteiger partial charge in [0, 0.05) is 11.3 Å². The number of anilines is 1. The molecule has 1 spiro atoms. The van der Waals surface area contributed by atoms with Crippen molar-refractivity contribution in [3.63, 3.8) is 0 Å². The topological polar surface area (TPSA) is 98.2 Å². The van der Waals surface area contributed by atoms with Gasteiger partial charge < -0.3 is 20.0 Å². The van der Waals surface area contributed by atoms with Crippen LogP contribution in [0, 0.1) is 18.8 Å². The number of rotatable bonds is 8. The maximum absolute atomic E-state index is 14.4. The van der Waals surface area contributed by atoms with Gasteiger partial charge in [-0.15, -0.1) is 18.3 Å². The lowest BCUT2D eigenvalue weighted by Gasteiger charge is -2.39. The number of hydrogen-bond acceptors (Lipinski definition) is 5. The van der Waals surface area contributed by atoms with Crippen LogP contribution >= 0.6 is 23.4 Å². The summed E-state index contributed by atoms with van der Waals surface area (Å²) in [6.45, 7) is 9.30. The van der Waals surface area contributed by atoms with Gasteiger partial charge in [0.1, 0.15) is 6.04 Å². The molecule has 6 atom stereocenters. The lowest BCUT2D eigenvalue weighted by atomic mass is 9.66. The van der Waals surface area contributed by atoms with Gasteiger partial charge in [0.15, 0.2) is 0 Å². The van der Waals surface area contributed by atoms with Crippen molar-refractivity contribution in [1.29, 1.82) is 0 Å². The summed E-state index contributed by atoms with van der Waals surface area (Å²) >= 11 is 8.01. The largest absolute Gasteiger partial charge is 0.481 e. The Kier molecular flexibility index (Phi) is 6.55. The van der Waals surface area contributed by atoms with Crippen LogP contribution < -0.4 is 4.90 Å². The Bertz CT molecular complexity index is 1030. The number of carbonyl (C=O) groups excluding carboxylic acids is 2. The Morgan fingerprint density at radius 2 is 2.12 bits per heavy atom. The lowest BCUT2D eigenvalue weighted by molar-refractivity contribution is -0.150. The second-order valence-electron chi connectivity index (χ2n) is 9.70. The third kappa shape index (κ3) is 3.40. The number of thioether (sulfide) groups is 1. The molecule has 3 fully saturated rings. The molecule has 2 N–H and O–H groups in total. The number of nitrogens with zero attached hydrogens (tertiary/aromatic N) is 2. The van der Waals surface area contributed by atoms with Crippen molar-refractivity contribution >= 4 is 46.8 Å². The Labute approximate surface area is 209 Å². The highest BCUT2D eigenvalue weighted by molar-refractivity contribution is 8.02. The fourth-order valence-corrected chi connectivity index (χ4v) is 9.01. The first-order chi connectivity index (χ1) is 16.1. The molecule has 0 radical (unpaired) electrons. The van der Waals surface area contributed by atoms with E-state index in [4.69, 9.17) is 11.6 Å². The van der Waals surface area contributed by atoms with Crippen molar-refractivity contribution in [2.24, 2.45) is 11.8 Å². The van der Waals surface area contributed by atoms with Crippen LogP contribution in [0.4, 0.5) is 5.69 Å². The Morgan fingerprint density at radius 3 is 2.68 bits per heavy atom. The Morgan fingerprint density at radius 1 is 1.41 bits per heavy atom. The van der Waals surface area contributed by atoms with E-state index < -0.39 is 39.4 Å². The van der Waals surface area contributed by atoms with E-state index in [0.717, 1.165) is 5.56 Å². The summed E-state index contributed by atoms with van der Waals surface area (Å²) < 4.78 is -1.50. The van der Waals surface area contributed by atoms with E-state index in [0.29, 0.717) is 30.0 Å². The smallest absolute Gasteiger partial charge is 0.308 e. The van der Waals surface area contributed by atoms with Crippen molar-refractivity contribution in [3.8, 4) is 0 Å². The second-order valence-corrected chi connectivity index (χ2v) is 12.0. The number of benzene rings is 1. The first-order valence-electron chi connectivity index (χ1n) is 11.6. The monoisotopic (exact) mass is 506 g/mol. The summed E-state index contributed by atoms with van der Waals surface area (Å²) in [5.41, 5.74) is 1.36. The van der Waals surface area contributed by atoms with Gasteiger partial charge in [-0.1, -0.05) is 36.7 Å². The standard InChI is InChI=1S/C25H31ClN2O5S/c1-5-12-27(19-14(3)8-7-9-16(19)26)22(31)20-25-11-10-24(4,34-25)18(23(32)33)17(25)21(30)28(20)15(6-2)13-29/h5,7-9,15,17-18,20,29H,1,6,10-13H2,2-4H3,(H,32,33)/t15-,17-,18+,20?,24-,25?/m0/s1. The first-order valence-corrected chi connectivity index (χ1v) is 12.8. The average Bonchev–Trinajstić information content (AvgIpc) is 3.35. The van der Waals surface area contributed by atoms with Crippen LogP contribution in [0.3, 0.4) is 0 Å². The molecule has 0 aliphatic carbocycles. The van der Waals surface area contributed by atoms with Gasteiger partial charge >= 0.3 is 5.97 Å². The van der Waals surface area contributed by atoms with Crippen molar-refractivity contribution < 1.29 is 24.6 Å². The number of aliphatic carboxylic acids is 1. The van der Waals surface area contributed by atoms with Crippen LogP contribution in [-0.4, -0.2) is 67.6 Å². The number of amides is 2. The molecular weight excluding hydrogens is 476 g/mol. The number of fused-ring (bicyclic) bond motifs is 1. The lowest BCUT2D eigenvalue weighted by Crippen LogP contribution is -2.57. The van der Waals surface area contributed by atoms with Gasteiger partial charge in [0.2, 0.25) is 5.91 Å². The molecule has 3 saturated heterocycles. The average molecular weight is 507 g/mol. The summed E-state index contributed by atoms with van der Waals surface area (Å²) in [4.78, 5) is 43.7. The normalized spacial score (nSPS) is 32.6. The van der Waals surface area contributed by atoms with Gasteiger partial charge in [-0.05, 0) is 44.7 Å². The number of carboxylic acid groups (broad SMARTS) is 1. The zero-order valence-electron chi connectivity index (χ0n) is 19.7. The molecule has 34 heavy (non-hydrogen) atoms. The van der Waals surface area contributed by atoms with E-state index in [1.54, 1.807) is 17.0 Å². The maximum atomic E-state index is 14.4. The molecule has 7 nitrogen and oxygen atoms in total. The Balaban J connectivity index is 1.89. The number of hydrogen-bond donors (Lipinski definition) is 2. The maximum Gasteiger partial charge on any atom is 0.308 e. The third-order valence-corrected chi connectivity index (χ3v) is 10.1. The molecule has 2 bridgehead atoms. The number of aliphatic hydroxyl groups excluding tert-OH is 1. The molecule has 2 amide bonds. The summed E-state index contributed by atoms with van der Waals surface area (Å²) in [6.07, 6.45) is 3.23. The summed E-state index contributed by atoms with van der Waals surface area (Å²) in [6, 6.07) is 3.90. The quantitative estimate of drug-likeness (QED) is 0.524. The molecule has 3 aliphatic heterocycles. The molecule has 4 rings (SSSR count). The minimum atomic E-state index is -1.01. The molecule has 3 aliphatic rings. The summed E-state index contributed by atoms with van der Waals surface area (Å²) in [7, 11) is 0. The van der Waals surface area contributed by atoms with Gasteiger partial charge in [0.25, 0.3) is 5.91 Å². The number of carbonyl (C=O) groups is 3. The van der Waals surface area contributed by atoms with Crippen molar-refractivity contribution in [2.75, 3.05) is 18.1 Å². The minimum Gasteiger partial charge on any atom is -0.481 e. The van der Waals surface area contributed by atoms with E-state index >= 15 is 0 Å². The first kappa shape index (κ1) is 25.1. The number of para-hydroxylation sites is 1. The fourth-order valence-electron chi connectivity index (χ4n) is 6.36. The number of aryl methyl sites for hydroxylation is 1. The van der Waals surface area contributed by atoms with Crippen LogP contribution in [0.2, 0.25) is 5.02 Å². The number of halogens is 1. The van der Waals surface area contributed by atoms with E-state index in [9.17, 15) is 24.6 Å². The number of likely N-dealkylation sites (tertiary alicyclic amines) is 1. The molecule has 184 valence electrons. The van der Waals surface area contributed by atoms with Gasteiger partial charge in [-0.25, -0.2) is 0 Å². The molecular formula is C25H31ClN2O5S. The van der Waals surface area contributed by atoms with Crippen molar-refractivity contribution in [1.82, 2.24) is 4.90 Å². The van der Waals surface area contributed by atoms with Crippen LogP contribution in [0.1, 0.15) is 38.7 Å². The molecule has 9 heteroatoms. The summed E-state index contributed by atoms with van der Waals surface area (Å²) in [5, 5.41) is 20.6. The van der Waals surface area contributed by atoms with E-state index in [-0.39, 0.29) is 25.0 Å². The van der Waals surface area contributed by atoms with E-state index in [1.807, 2.05) is 32.9 Å². The second kappa shape index (κ2) is 8.88. The molecule has 1 aromatic carbocycles. The van der Waals surface area contributed by atoms with Crippen LogP contribution in [0.25, 0.3) is 0 Å². The highest BCUT2D eigenvalue weighted by atomic mass is 35.5. The van der Waals surface area contributed by atoms with Crippen molar-refractivity contribution in [3.05, 3.63) is 41.4 Å². The molecule has 0 aromatic heterocycles. The minimum absolute atomic E-state index is 0.183. The molecule has 1 aromatic rings. The van der Waals surface area contributed by atoms with E-state index in [1.165, 1.54) is 16.7 Å². The van der Waals surface area contributed by atoms with Gasteiger partial charge in [-0.2, -0.15) is 0 Å². The van der Waals surface area contributed by atoms with Crippen LogP contribution in [0.5, 0.6) is 0 Å². The van der Waals surface area contributed by atoms with Gasteiger partial charge in [-0.3, -0.25) is 14.4 Å². The fraction of sp³-hybridized carbons (Fsp3) is 0.560. The highest BCUT2D eigenvalue weighted by Gasteiger charge is 2.78. The summed E-state index contributed by atoms with van der Waals surface area (Å²) in [5.74, 6) is -3.38. The molecule has 0 saturated carbocycles. The zero-order valence-corrected chi connectivity index (χ0v) is 21.2. The number of aliphatic hydroxyl groups is 1. The highest BCUT2D eigenvalue weighted by Crippen LogP contribution is 2.71. The van der Waals surface area contributed by atoms with Crippen LogP contribution in [-0.2, 0) is 14.4 Å². The molecule has 3 heterocycles. The van der Waals surface area contributed by atoms with E-state index in [2.05, 4.69) is 6.58 Å². The number of carboxylic acids is 1. The van der Waals surface area contributed by atoms with Crippen molar-refractivity contribution in [2.45, 2.75) is 61.6 Å². The third-order valence-electron chi connectivity index (χ3n) is 7.83. The van der Waals surface area contributed by atoms with Crippen LogP contribution in [0.15, 0.2) is 30.9 Å². The zero-order chi connectivity index (χ0) is 25.0. The predicted octanol–water partition coefficient (Wildman–Crippen LogP) is 3.50. The predicted molar refractivity (Wildman–Crippen MR) is 133 cm³/mol. The Hall–Kier alpha value is -2.03. The van der Waals surface area contributed by atoms with Gasteiger partial charge in [0.05, 0.1) is 39.9 Å².